The highest BCUT2D eigenvalue weighted by Gasteiger charge is 2.14. The number of sulfonamides is 1. The van der Waals surface area contributed by atoms with Crippen LogP contribution in [0, 0.1) is 0 Å². The van der Waals surface area contributed by atoms with Gasteiger partial charge >= 0.3 is 0 Å². The molecule has 0 radical (unpaired) electrons. The minimum absolute atomic E-state index is 0. The molecule has 0 heterocycles. The van der Waals surface area contributed by atoms with Gasteiger partial charge in [-0.05, 0) is 25.0 Å². The average molecular weight is 547 g/mol. The standard InChI is InChI=1S/C16H27BrN4O2S.HI/c1-5-24(22,23)21(4)12-8-11-19-16(18-2)20(3)13-14-9-6-7-10-15(14)17;/h6-7,9-10H,5,8,11-13H2,1-4H3,(H,18,19);1H. The van der Waals surface area contributed by atoms with Crippen LogP contribution in [0.5, 0.6) is 0 Å². The normalized spacial score (nSPS) is 12.0. The van der Waals surface area contributed by atoms with E-state index in [-0.39, 0.29) is 29.7 Å². The predicted molar refractivity (Wildman–Crippen MR) is 119 cm³/mol. The van der Waals surface area contributed by atoms with Crippen molar-refractivity contribution in [2.45, 2.75) is 19.9 Å². The maximum Gasteiger partial charge on any atom is 0.213 e. The molecule has 0 amide bonds. The summed E-state index contributed by atoms with van der Waals surface area (Å²) in [5.41, 5.74) is 1.18. The van der Waals surface area contributed by atoms with Gasteiger partial charge in [-0.25, -0.2) is 12.7 Å². The van der Waals surface area contributed by atoms with Crippen molar-refractivity contribution in [2.75, 3.05) is 40.0 Å². The molecule has 0 aliphatic rings. The quantitative estimate of drug-likeness (QED) is 0.236. The van der Waals surface area contributed by atoms with Crippen LogP contribution in [0.4, 0.5) is 0 Å². The number of nitrogens with zero attached hydrogens (tertiary/aromatic N) is 3. The number of rotatable bonds is 8. The van der Waals surface area contributed by atoms with Crippen LogP contribution >= 0.6 is 39.9 Å². The third kappa shape index (κ3) is 8.23. The van der Waals surface area contributed by atoms with Gasteiger partial charge in [0.2, 0.25) is 10.0 Å². The first-order valence-corrected chi connectivity index (χ1v) is 10.3. The first kappa shape index (κ1) is 24.6. The predicted octanol–water partition coefficient (Wildman–Crippen LogP) is 2.75. The van der Waals surface area contributed by atoms with Gasteiger partial charge in [0.1, 0.15) is 0 Å². The lowest BCUT2D eigenvalue weighted by Gasteiger charge is -2.23. The molecule has 25 heavy (non-hydrogen) atoms. The Morgan fingerprint density at radius 2 is 1.92 bits per heavy atom. The summed E-state index contributed by atoms with van der Waals surface area (Å²) < 4.78 is 25.9. The summed E-state index contributed by atoms with van der Waals surface area (Å²) in [5, 5.41) is 3.27. The Hall–Kier alpha value is -0.390. The van der Waals surface area contributed by atoms with Crippen molar-refractivity contribution in [1.29, 1.82) is 0 Å². The SMILES string of the molecule is CCS(=O)(=O)N(C)CCCNC(=NC)N(C)Cc1ccccc1Br.I. The fourth-order valence-corrected chi connectivity index (χ4v) is 3.46. The maximum atomic E-state index is 11.7. The lowest BCUT2D eigenvalue weighted by Crippen LogP contribution is -2.40. The second-order valence-electron chi connectivity index (χ2n) is 5.50. The zero-order valence-corrected chi connectivity index (χ0v) is 19.9. The Balaban J connectivity index is 0.00000576. The summed E-state index contributed by atoms with van der Waals surface area (Å²) in [6, 6.07) is 8.08. The number of benzene rings is 1. The fraction of sp³-hybridized carbons (Fsp3) is 0.562. The highest BCUT2D eigenvalue weighted by Crippen LogP contribution is 2.17. The van der Waals surface area contributed by atoms with Crippen LogP contribution in [-0.2, 0) is 16.6 Å². The van der Waals surface area contributed by atoms with Crippen molar-refractivity contribution in [1.82, 2.24) is 14.5 Å². The van der Waals surface area contributed by atoms with Crippen molar-refractivity contribution >= 4 is 55.9 Å². The van der Waals surface area contributed by atoms with Crippen molar-refractivity contribution in [3.63, 3.8) is 0 Å². The molecule has 1 N–H and O–H groups in total. The second-order valence-corrected chi connectivity index (χ2v) is 8.72. The van der Waals surface area contributed by atoms with Gasteiger partial charge in [0.25, 0.3) is 0 Å². The molecule has 0 saturated heterocycles. The summed E-state index contributed by atoms with van der Waals surface area (Å²) in [6.07, 6.45) is 0.720. The minimum atomic E-state index is -3.11. The third-order valence-corrected chi connectivity index (χ3v) is 6.35. The van der Waals surface area contributed by atoms with Crippen LogP contribution in [0.25, 0.3) is 0 Å². The highest BCUT2D eigenvalue weighted by atomic mass is 127. The van der Waals surface area contributed by atoms with Crippen molar-refractivity contribution in [3.05, 3.63) is 34.3 Å². The van der Waals surface area contributed by atoms with E-state index in [0.29, 0.717) is 13.1 Å². The summed E-state index contributed by atoms with van der Waals surface area (Å²) in [5.74, 6) is 0.916. The number of hydrogen-bond donors (Lipinski definition) is 1. The molecule has 0 aromatic heterocycles. The van der Waals surface area contributed by atoms with Gasteiger partial charge < -0.3 is 10.2 Å². The monoisotopic (exact) mass is 546 g/mol. The average Bonchev–Trinajstić information content (AvgIpc) is 2.56. The molecule has 144 valence electrons. The molecular weight excluding hydrogens is 519 g/mol. The number of guanidine groups is 1. The van der Waals surface area contributed by atoms with Crippen LogP contribution in [0.15, 0.2) is 33.7 Å². The zero-order chi connectivity index (χ0) is 18.2. The smallest absolute Gasteiger partial charge is 0.213 e. The van der Waals surface area contributed by atoms with Crippen LogP contribution in [0.1, 0.15) is 18.9 Å². The molecule has 1 aromatic carbocycles. The van der Waals surface area contributed by atoms with Crippen molar-refractivity contribution in [2.24, 2.45) is 4.99 Å². The largest absolute Gasteiger partial charge is 0.356 e. The summed E-state index contributed by atoms with van der Waals surface area (Å²) in [6.45, 7) is 3.54. The summed E-state index contributed by atoms with van der Waals surface area (Å²) >= 11 is 3.55. The minimum Gasteiger partial charge on any atom is -0.356 e. The molecule has 0 bridgehead atoms. The van der Waals surface area contributed by atoms with Gasteiger partial charge in [-0.1, -0.05) is 34.1 Å². The molecule has 1 aromatic rings. The van der Waals surface area contributed by atoms with E-state index in [0.717, 1.165) is 23.4 Å². The fourth-order valence-electron chi connectivity index (χ4n) is 2.20. The van der Waals surface area contributed by atoms with Crippen LogP contribution < -0.4 is 5.32 Å². The van der Waals surface area contributed by atoms with Crippen molar-refractivity contribution in [3.8, 4) is 0 Å². The topological polar surface area (TPSA) is 65.0 Å². The van der Waals surface area contributed by atoms with E-state index >= 15 is 0 Å². The molecule has 0 aliphatic heterocycles. The van der Waals surface area contributed by atoms with E-state index in [4.69, 9.17) is 0 Å². The highest BCUT2D eigenvalue weighted by molar-refractivity contribution is 14.0. The lowest BCUT2D eigenvalue weighted by atomic mass is 10.2. The number of nitrogens with one attached hydrogen (secondary N) is 1. The molecule has 0 atom stereocenters. The molecular formula is C16H28BrIN4O2S. The molecule has 6 nitrogen and oxygen atoms in total. The Bertz CT molecular complexity index is 655. The molecule has 0 aliphatic carbocycles. The molecule has 0 unspecified atom stereocenters. The lowest BCUT2D eigenvalue weighted by molar-refractivity contribution is 0.450. The van der Waals surface area contributed by atoms with E-state index < -0.39 is 10.0 Å². The summed E-state index contributed by atoms with van der Waals surface area (Å²) in [4.78, 5) is 6.31. The number of halogens is 2. The first-order valence-electron chi connectivity index (χ1n) is 7.91. The third-order valence-electron chi connectivity index (χ3n) is 3.71. The van der Waals surface area contributed by atoms with Crippen LogP contribution in [0.3, 0.4) is 0 Å². The van der Waals surface area contributed by atoms with E-state index in [1.807, 2.05) is 30.1 Å². The molecule has 9 heteroatoms. The van der Waals surface area contributed by atoms with Gasteiger partial charge in [0.15, 0.2) is 5.96 Å². The molecule has 0 fully saturated rings. The van der Waals surface area contributed by atoms with E-state index in [1.165, 1.54) is 9.87 Å². The van der Waals surface area contributed by atoms with E-state index in [1.54, 1.807) is 21.0 Å². The maximum absolute atomic E-state index is 11.7. The van der Waals surface area contributed by atoms with Gasteiger partial charge in [0.05, 0.1) is 5.75 Å². The Kier molecular flexibility index (Phi) is 11.9. The molecule has 0 saturated carbocycles. The van der Waals surface area contributed by atoms with Crippen LogP contribution in [-0.4, -0.2) is 63.6 Å². The summed E-state index contributed by atoms with van der Waals surface area (Å²) in [7, 11) is 2.23. The van der Waals surface area contributed by atoms with Gasteiger partial charge in [0, 0.05) is 45.3 Å². The van der Waals surface area contributed by atoms with E-state index in [2.05, 4.69) is 32.3 Å². The number of hydrogen-bond acceptors (Lipinski definition) is 3. The van der Waals surface area contributed by atoms with Crippen LogP contribution in [0.2, 0.25) is 0 Å². The van der Waals surface area contributed by atoms with E-state index in [9.17, 15) is 8.42 Å². The van der Waals surface area contributed by atoms with Crippen molar-refractivity contribution < 1.29 is 8.42 Å². The first-order chi connectivity index (χ1) is 11.3. The zero-order valence-electron chi connectivity index (χ0n) is 15.2. The van der Waals surface area contributed by atoms with Gasteiger partial charge in [-0.15, -0.1) is 24.0 Å². The Morgan fingerprint density at radius 1 is 1.28 bits per heavy atom. The molecule has 1 rings (SSSR count). The second kappa shape index (κ2) is 12.1. The van der Waals surface area contributed by atoms with Gasteiger partial charge in [-0.2, -0.15) is 0 Å². The number of aliphatic imine (C=N–C) groups is 1. The Morgan fingerprint density at radius 3 is 2.48 bits per heavy atom. The Labute approximate surface area is 177 Å². The molecule has 0 spiro atoms. The van der Waals surface area contributed by atoms with Gasteiger partial charge in [-0.3, -0.25) is 4.99 Å².